The van der Waals surface area contributed by atoms with Crippen molar-refractivity contribution in [2.75, 3.05) is 12.4 Å². The van der Waals surface area contributed by atoms with Crippen molar-refractivity contribution < 1.29 is 19.0 Å². The van der Waals surface area contributed by atoms with Crippen molar-refractivity contribution in [3.8, 4) is 23.0 Å². The average Bonchev–Trinajstić information content (AvgIpc) is 2.81. The van der Waals surface area contributed by atoms with Crippen LogP contribution in [0.1, 0.15) is 30.9 Å². The molecule has 0 saturated heterocycles. The van der Waals surface area contributed by atoms with Gasteiger partial charge in [0.2, 0.25) is 0 Å². The number of hydrogen-bond donors (Lipinski definition) is 1. The van der Waals surface area contributed by atoms with Gasteiger partial charge in [-0.2, -0.15) is 0 Å². The summed E-state index contributed by atoms with van der Waals surface area (Å²) in [7, 11) is 1.58. The molecule has 32 heavy (non-hydrogen) atoms. The average molecular weight is 452 g/mol. The summed E-state index contributed by atoms with van der Waals surface area (Å²) in [6, 6.07) is 18.4. The van der Waals surface area contributed by atoms with E-state index in [1.807, 2.05) is 24.3 Å². The number of hydrogen-bond acceptors (Lipinski definition) is 4. The van der Waals surface area contributed by atoms with E-state index in [-0.39, 0.29) is 5.91 Å². The highest BCUT2D eigenvalue weighted by molar-refractivity contribution is 6.31. The van der Waals surface area contributed by atoms with Gasteiger partial charge in [0.1, 0.15) is 5.75 Å². The van der Waals surface area contributed by atoms with Gasteiger partial charge < -0.3 is 19.5 Å². The van der Waals surface area contributed by atoms with Crippen LogP contribution in [0.3, 0.4) is 0 Å². The van der Waals surface area contributed by atoms with E-state index < -0.39 is 6.10 Å². The van der Waals surface area contributed by atoms with Gasteiger partial charge in [-0.05, 0) is 86.2 Å². The van der Waals surface area contributed by atoms with Crippen LogP contribution < -0.4 is 19.5 Å². The summed E-state index contributed by atoms with van der Waals surface area (Å²) in [5, 5.41) is 3.36. The van der Waals surface area contributed by atoms with E-state index in [0.717, 1.165) is 12.8 Å². The number of amides is 1. The first-order valence-electron chi connectivity index (χ1n) is 10.7. The van der Waals surface area contributed by atoms with E-state index in [4.69, 9.17) is 25.8 Å². The molecule has 0 bridgehead atoms. The smallest absolute Gasteiger partial charge is 0.265 e. The molecule has 0 fully saturated rings. The number of benzene rings is 3. The van der Waals surface area contributed by atoms with Crippen molar-refractivity contribution >= 4 is 23.2 Å². The minimum absolute atomic E-state index is 0.296. The largest absolute Gasteiger partial charge is 0.493 e. The third-order valence-electron chi connectivity index (χ3n) is 5.49. The van der Waals surface area contributed by atoms with Crippen LogP contribution in [-0.4, -0.2) is 19.1 Å². The molecule has 1 N–H and O–H groups in total. The van der Waals surface area contributed by atoms with Gasteiger partial charge in [-0.3, -0.25) is 4.79 Å². The number of rotatable bonds is 7. The number of aryl methyl sites for hydroxylation is 2. The Labute approximate surface area is 193 Å². The molecule has 1 aliphatic rings. The molecule has 1 aliphatic carbocycles. The zero-order chi connectivity index (χ0) is 22.5. The minimum atomic E-state index is -0.699. The van der Waals surface area contributed by atoms with Crippen molar-refractivity contribution in [1.29, 1.82) is 0 Å². The Bertz CT molecular complexity index is 1110. The maximum Gasteiger partial charge on any atom is 0.265 e. The number of fused-ring (bicyclic) bond motifs is 1. The molecule has 1 amide bonds. The predicted octanol–water partition coefficient (Wildman–Crippen LogP) is 6.43. The molecule has 0 aliphatic heterocycles. The lowest BCUT2D eigenvalue weighted by atomic mass is 9.92. The maximum absolute atomic E-state index is 12.9. The highest BCUT2D eigenvalue weighted by Gasteiger charge is 2.19. The Morgan fingerprint density at radius 1 is 0.938 bits per heavy atom. The molecular weight excluding hydrogens is 426 g/mol. The van der Waals surface area contributed by atoms with E-state index in [0.29, 0.717) is 33.7 Å². The minimum Gasteiger partial charge on any atom is -0.493 e. The van der Waals surface area contributed by atoms with Crippen LogP contribution in [0.15, 0.2) is 60.7 Å². The number of para-hydroxylation sites is 2. The third-order valence-corrected chi connectivity index (χ3v) is 5.73. The molecule has 5 nitrogen and oxygen atoms in total. The van der Waals surface area contributed by atoms with Crippen molar-refractivity contribution in [1.82, 2.24) is 0 Å². The van der Waals surface area contributed by atoms with Gasteiger partial charge in [-0.1, -0.05) is 29.8 Å². The molecule has 0 radical (unpaired) electrons. The Kier molecular flexibility index (Phi) is 6.86. The zero-order valence-electron chi connectivity index (χ0n) is 18.2. The summed E-state index contributed by atoms with van der Waals surface area (Å²) in [5.41, 5.74) is 3.13. The van der Waals surface area contributed by atoms with Gasteiger partial charge in [-0.25, -0.2) is 0 Å². The normalized spacial score (nSPS) is 13.6. The topological polar surface area (TPSA) is 56.8 Å². The van der Waals surface area contributed by atoms with Gasteiger partial charge >= 0.3 is 0 Å². The number of carbonyl (C=O) groups is 1. The summed E-state index contributed by atoms with van der Waals surface area (Å²) in [4.78, 5) is 12.9. The molecular formula is C26H26ClNO4. The molecule has 3 aromatic rings. The van der Waals surface area contributed by atoms with Gasteiger partial charge in [0.25, 0.3) is 5.91 Å². The first-order chi connectivity index (χ1) is 15.5. The van der Waals surface area contributed by atoms with Crippen LogP contribution in [0, 0.1) is 0 Å². The Morgan fingerprint density at radius 3 is 2.47 bits per heavy atom. The molecule has 0 spiro atoms. The molecule has 6 heteroatoms. The second-order valence-corrected chi connectivity index (χ2v) is 8.22. The Hall–Kier alpha value is -3.18. The molecule has 3 aromatic carbocycles. The quantitative estimate of drug-likeness (QED) is 0.450. The Morgan fingerprint density at radius 2 is 1.69 bits per heavy atom. The maximum atomic E-state index is 12.9. The fourth-order valence-corrected chi connectivity index (χ4v) is 3.96. The molecule has 1 unspecified atom stereocenters. The number of anilines is 1. The van der Waals surface area contributed by atoms with E-state index >= 15 is 0 Å². The highest BCUT2D eigenvalue weighted by atomic mass is 35.5. The van der Waals surface area contributed by atoms with Crippen LogP contribution in [-0.2, 0) is 17.6 Å². The van der Waals surface area contributed by atoms with E-state index in [1.54, 1.807) is 44.4 Å². The van der Waals surface area contributed by atoms with Crippen LogP contribution in [0.5, 0.6) is 23.0 Å². The van der Waals surface area contributed by atoms with Gasteiger partial charge in [0.15, 0.2) is 23.4 Å². The van der Waals surface area contributed by atoms with Crippen molar-refractivity contribution in [2.24, 2.45) is 0 Å². The van der Waals surface area contributed by atoms with E-state index in [9.17, 15) is 4.79 Å². The Balaban J connectivity index is 1.48. The van der Waals surface area contributed by atoms with Gasteiger partial charge in [-0.15, -0.1) is 0 Å². The van der Waals surface area contributed by atoms with Gasteiger partial charge in [0.05, 0.1) is 12.8 Å². The summed E-state index contributed by atoms with van der Waals surface area (Å²) in [6.07, 6.45) is 3.88. The van der Waals surface area contributed by atoms with Crippen LogP contribution in [0.25, 0.3) is 0 Å². The molecule has 0 heterocycles. The molecule has 1 atom stereocenters. The fraction of sp³-hybridized carbons (Fsp3) is 0.269. The lowest BCUT2D eigenvalue weighted by Gasteiger charge is -2.20. The van der Waals surface area contributed by atoms with E-state index in [1.165, 1.54) is 24.0 Å². The third kappa shape index (κ3) is 5.17. The van der Waals surface area contributed by atoms with Crippen LogP contribution in [0.4, 0.5) is 5.69 Å². The second kappa shape index (κ2) is 9.96. The number of nitrogens with one attached hydrogen (secondary N) is 1. The first-order valence-corrected chi connectivity index (χ1v) is 11.1. The zero-order valence-corrected chi connectivity index (χ0v) is 18.9. The van der Waals surface area contributed by atoms with Crippen molar-refractivity contribution in [2.45, 2.75) is 38.7 Å². The van der Waals surface area contributed by atoms with Crippen LogP contribution in [0.2, 0.25) is 5.02 Å². The predicted molar refractivity (Wildman–Crippen MR) is 126 cm³/mol. The molecule has 0 saturated carbocycles. The first kappa shape index (κ1) is 22.0. The summed E-state index contributed by atoms with van der Waals surface area (Å²) >= 11 is 6.18. The van der Waals surface area contributed by atoms with E-state index in [2.05, 4.69) is 11.4 Å². The molecule has 0 aromatic heterocycles. The molecule has 4 rings (SSSR count). The van der Waals surface area contributed by atoms with Crippen LogP contribution >= 0.6 is 11.6 Å². The SMILES string of the molecule is COc1ccccc1Oc1ccc(Cl)cc1NC(=O)C(C)Oc1ccc2c(c1)CCCC2. The summed E-state index contributed by atoms with van der Waals surface area (Å²) < 4.78 is 17.3. The van der Waals surface area contributed by atoms with Crippen molar-refractivity contribution in [3.05, 3.63) is 76.8 Å². The number of methoxy groups -OCH3 is 1. The summed E-state index contributed by atoms with van der Waals surface area (Å²) in [6.45, 7) is 1.72. The second-order valence-electron chi connectivity index (χ2n) is 7.78. The number of carbonyl (C=O) groups excluding carboxylic acids is 1. The standard InChI is InChI=1S/C26H26ClNO4/c1-17(31-21-13-11-18-7-3-4-8-19(18)15-21)26(29)28-22-16-20(27)12-14-23(22)32-25-10-6-5-9-24(25)30-2/h5-6,9-17H,3-4,7-8H2,1-2H3,(H,28,29). The molecule has 166 valence electrons. The number of halogens is 1. The number of ether oxygens (including phenoxy) is 3. The van der Waals surface area contributed by atoms with Crippen molar-refractivity contribution in [3.63, 3.8) is 0 Å². The lowest BCUT2D eigenvalue weighted by Crippen LogP contribution is -2.30. The van der Waals surface area contributed by atoms with Gasteiger partial charge in [0, 0.05) is 5.02 Å². The monoisotopic (exact) mass is 451 g/mol. The lowest BCUT2D eigenvalue weighted by molar-refractivity contribution is -0.122. The summed E-state index contributed by atoms with van der Waals surface area (Å²) in [5.74, 6) is 1.98. The highest BCUT2D eigenvalue weighted by Crippen LogP contribution is 2.36. The fourth-order valence-electron chi connectivity index (χ4n) is 3.79.